The van der Waals surface area contributed by atoms with Gasteiger partial charge >= 0.3 is 11.7 Å². The lowest BCUT2D eigenvalue weighted by Gasteiger charge is -2.11. The lowest BCUT2D eigenvalue weighted by atomic mass is 10.1. The number of hydrogen-bond acceptors (Lipinski definition) is 4. The smallest absolute Gasteiger partial charge is 0.236 e. The standard InChI is InChI=1S/C18H9ClF7NO2S2/c19-14-5-9(8-31(28,29)18(24,25)26)1-3-12(14)15-7-30-16(27-15)11-4-2-10(20)6-13(11)17(21,22)23/h1-7H,8H2. The van der Waals surface area contributed by atoms with E-state index in [9.17, 15) is 39.2 Å². The molecule has 166 valence electrons. The summed E-state index contributed by atoms with van der Waals surface area (Å²) < 4.78 is 113. The highest BCUT2D eigenvalue weighted by Crippen LogP contribution is 2.40. The van der Waals surface area contributed by atoms with E-state index in [1.54, 1.807) is 0 Å². The molecule has 2 aromatic carbocycles. The summed E-state index contributed by atoms with van der Waals surface area (Å²) in [7, 11) is -5.41. The second kappa shape index (κ2) is 8.06. The number of halogens is 8. The summed E-state index contributed by atoms with van der Waals surface area (Å²) in [5.41, 5.74) is -6.92. The van der Waals surface area contributed by atoms with Crippen LogP contribution in [0, 0.1) is 5.82 Å². The van der Waals surface area contributed by atoms with Gasteiger partial charge in [-0.2, -0.15) is 26.3 Å². The van der Waals surface area contributed by atoms with Crippen molar-refractivity contribution < 1.29 is 39.2 Å². The molecular formula is C18H9ClF7NO2S2. The zero-order chi connectivity index (χ0) is 23.2. The van der Waals surface area contributed by atoms with Crippen molar-refractivity contribution in [3.8, 4) is 21.8 Å². The Labute approximate surface area is 180 Å². The van der Waals surface area contributed by atoms with Crippen molar-refractivity contribution in [3.05, 3.63) is 63.7 Å². The number of alkyl halides is 6. The maximum Gasteiger partial charge on any atom is 0.497 e. The molecule has 0 atom stereocenters. The van der Waals surface area contributed by atoms with Crippen molar-refractivity contribution in [3.63, 3.8) is 0 Å². The van der Waals surface area contributed by atoms with Gasteiger partial charge in [-0.15, -0.1) is 11.3 Å². The Morgan fingerprint density at radius 3 is 2.19 bits per heavy atom. The second-order valence-electron chi connectivity index (χ2n) is 6.24. The lowest BCUT2D eigenvalue weighted by molar-refractivity contribution is -0.137. The fourth-order valence-electron chi connectivity index (χ4n) is 2.62. The number of rotatable bonds is 4. The van der Waals surface area contributed by atoms with E-state index in [0.29, 0.717) is 6.07 Å². The molecule has 0 fully saturated rings. The van der Waals surface area contributed by atoms with Gasteiger partial charge in [-0.1, -0.05) is 23.7 Å². The number of aromatic nitrogens is 1. The molecule has 31 heavy (non-hydrogen) atoms. The van der Waals surface area contributed by atoms with Gasteiger partial charge in [0, 0.05) is 16.5 Å². The van der Waals surface area contributed by atoms with Crippen LogP contribution in [0.4, 0.5) is 30.7 Å². The Morgan fingerprint density at radius 1 is 0.968 bits per heavy atom. The quantitative estimate of drug-likeness (QED) is 0.371. The van der Waals surface area contributed by atoms with Crippen LogP contribution in [-0.4, -0.2) is 18.9 Å². The van der Waals surface area contributed by atoms with E-state index >= 15 is 0 Å². The summed E-state index contributed by atoms with van der Waals surface area (Å²) in [6.07, 6.45) is -4.83. The van der Waals surface area contributed by atoms with Crippen molar-refractivity contribution in [2.24, 2.45) is 0 Å². The first kappa shape index (κ1) is 23.5. The maximum absolute atomic E-state index is 13.3. The van der Waals surface area contributed by atoms with Crippen molar-refractivity contribution in [1.29, 1.82) is 0 Å². The van der Waals surface area contributed by atoms with Crippen LogP contribution in [0.3, 0.4) is 0 Å². The van der Waals surface area contributed by atoms with Gasteiger partial charge in [-0.05, 0) is 29.8 Å². The van der Waals surface area contributed by atoms with E-state index in [2.05, 4.69) is 4.98 Å². The lowest BCUT2D eigenvalue weighted by Crippen LogP contribution is -2.24. The third-order valence-electron chi connectivity index (χ3n) is 4.04. The Hall–Kier alpha value is -2.18. The summed E-state index contributed by atoms with van der Waals surface area (Å²) in [4.78, 5) is 4.07. The fraction of sp³-hybridized carbons (Fsp3) is 0.167. The molecule has 0 aliphatic carbocycles. The molecule has 0 saturated heterocycles. The van der Waals surface area contributed by atoms with E-state index in [0.717, 1.165) is 35.6 Å². The predicted octanol–water partition coefficient (Wildman–Crippen LogP) is 6.72. The summed E-state index contributed by atoms with van der Waals surface area (Å²) in [5.74, 6) is -2.39. The monoisotopic (exact) mass is 503 g/mol. The average molecular weight is 504 g/mol. The summed E-state index contributed by atoms with van der Waals surface area (Å²) in [5, 5.41) is 1.15. The molecule has 13 heteroatoms. The number of nitrogens with zero attached hydrogens (tertiary/aromatic N) is 1. The van der Waals surface area contributed by atoms with Crippen LogP contribution in [0.15, 0.2) is 41.8 Å². The molecule has 0 N–H and O–H groups in total. The predicted molar refractivity (Wildman–Crippen MR) is 102 cm³/mol. The van der Waals surface area contributed by atoms with E-state index in [1.165, 1.54) is 11.4 Å². The van der Waals surface area contributed by atoms with Crippen LogP contribution in [0.2, 0.25) is 5.02 Å². The normalized spacial score (nSPS) is 12.9. The molecule has 0 unspecified atom stereocenters. The van der Waals surface area contributed by atoms with Crippen LogP contribution in [0.25, 0.3) is 21.8 Å². The van der Waals surface area contributed by atoms with E-state index in [1.807, 2.05) is 0 Å². The molecule has 0 radical (unpaired) electrons. The minimum Gasteiger partial charge on any atom is -0.236 e. The average Bonchev–Trinajstić information content (AvgIpc) is 3.09. The molecular weight excluding hydrogens is 495 g/mol. The van der Waals surface area contributed by atoms with E-state index in [-0.39, 0.29) is 32.4 Å². The Bertz CT molecular complexity index is 1230. The van der Waals surface area contributed by atoms with Gasteiger partial charge in [0.25, 0.3) is 9.84 Å². The van der Waals surface area contributed by atoms with Crippen LogP contribution in [-0.2, 0) is 21.8 Å². The third-order valence-corrected chi connectivity index (χ3v) is 6.65. The Kier molecular flexibility index (Phi) is 6.11. The molecule has 0 aliphatic rings. The van der Waals surface area contributed by atoms with Crippen molar-refractivity contribution in [2.45, 2.75) is 17.4 Å². The molecule has 1 aromatic heterocycles. The molecule has 3 rings (SSSR count). The molecule has 0 amide bonds. The highest BCUT2D eigenvalue weighted by atomic mass is 35.5. The SMILES string of the molecule is O=S(=O)(Cc1ccc(-c2csc(-c3ccc(F)cc3C(F)(F)F)n2)c(Cl)c1)C(F)(F)F. The van der Waals surface area contributed by atoms with Crippen LogP contribution >= 0.6 is 22.9 Å². The summed E-state index contributed by atoms with van der Waals surface area (Å²) in [6.45, 7) is 0. The highest BCUT2D eigenvalue weighted by Gasteiger charge is 2.45. The first-order valence-corrected chi connectivity index (χ1v) is 11.0. The van der Waals surface area contributed by atoms with Crippen molar-refractivity contribution in [1.82, 2.24) is 4.98 Å². The van der Waals surface area contributed by atoms with E-state index in [4.69, 9.17) is 11.6 Å². The Balaban J connectivity index is 1.96. The zero-order valence-corrected chi connectivity index (χ0v) is 17.2. The van der Waals surface area contributed by atoms with Gasteiger partial charge in [0.05, 0.1) is 22.0 Å². The second-order valence-corrected chi connectivity index (χ2v) is 9.49. The van der Waals surface area contributed by atoms with Crippen LogP contribution < -0.4 is 0 Å². The van der Waals surface area contributed by atoms with Gasteiger partial charge in [0.1, 0.15) is 10.8 Å². The van der Waals surface area contributed by atoms with Crippen LogP contribution in [0.5, 0.6) is 0 Å². The third kappa shape index (κ3) is 5.01. The first-order valence-electron chi connectivity index (χ1n) is 8.09. The number of sulfone groups is 1. The van der Waals surface area contributed by atoms with Gasteiger partial charge in [0.15, 0.2) is 0 Å². The molecule has 0 bridgehead atoms. The minimum atomic E-state index is -5.42. The van der Waals surface area contributed by atoms with Crippen molar-refractivity contribution >= 4 is 32.8 Å². The summed E-state index contributed by atoms with van der Waals surface area (Å²) in [6, 6.07) is 5.47. The van der Waals surface area contributed by atoms with Gasteiger partial charge in [-0.3, -0.25) is 0 Å². The summed E-state index contributed by atoms with van der Waals surface area (Å²) >= 11 is 6.87. The largest absolute Gasteiger partial charge is 0.497 e. The molecule has 3 nitrogen and oxygen atoms in total. The number of thiazole rings is 1. The number of hydrogen-bond donors (Lipinski definition) is 0. The topological polar surface area (TPSA) is 47.0 Å². The van der Waals surface area contributed by atoms with E-state index < -0.39 is 38.7 Å². The highest BCUT2D eigenvalue weighted by molar-refractivity contribution is 7.91. The van der Waals surface area contributed by atoms with Gasteiger partial charge < -0.3 is 0 Å². The first-order chi connectivity index (χ1) is 14.2. The van der Waals surface area contributed by atoms with Crippen molar-refractivity contribution in [2.75, 3.05) is 0 Å². The molecule has 0 spiro atoms. The number of benzene rings is 2. The van der Waals surface area contributed by atoms with Gasteiger partial charge in [-0.25, -0.2) is 17.8 Å². The molecule has 0 saturated carbocycles. The minimum absolute atomic E-state index is 0.0814. The van der Waals surface area contributed by atoms with Crippen LogP contribution in [0.1, 0.15) is 11.1 Å². The maximum atomic E-state index is 13.3. The molecule has 1 heterocycles. The molecule has 0 aliphatic heterocycles. The molecule has 3 aromatic rings. The Morgan fingerprint density at radius 2 is 1.61 bits per heavy atom. The zero-order valence-electron chi connectivity index (χ0n) is 14.9. The van der Waals surface area contributed by atoms with Gasteiger partial charge in [0.2, 0.25) is 0 Å². The fourth-order valence-corrected chi connectivity index (χ4v) is 4.56.